The summed E-state index contributed by atoms with van der Waals surface area (Å²) in [5.74, 6) is 0.774. The molecule has 0 aliphatic carbocycles. The van der Waals surface area contributed by atoms with E-state index in [1.165, 1.54) is 0 Å². The van der Waals surface area contributed by atoms with Crippen LogP contribution in [0, 0.1) is 0 Å². The Hall–Kier alpha value is -1.63. The molecule has 0 aliphatic rings. The highest BCUT2D eigenvalue weighted by molar-refractivity contribution is 5.37. The summed E-state index contributed by atoms with van der Waals surface area (Å²) in [7, 11) is 1.72. The minimum Gasteiger partial charge on any atom is -0.461 e. The lowest BCUT2D eigenvalue weighted by Crippen LogP contribution is -2.42. The topological polar surface area (TPSA) is 92.2 Å². The predicted molar refractivity (Wildman–Crippen MR) is 74.5 cm³/mol. The Kier molecular flexibility index (Phi) is 4.88. The number of hydrogen-bond acceptors (Lipinski definition) is 7. The summed E-state index contributed by atoms with van der Waals surface area (Å²) < 4.78 is 5.47. The van der Waals surface area contributed by atoms with Gasteiger partial charge in [-0.05, 0) is 34.6 Å². The molecule has 0 aromatic carbocycles. The molecule has 1 unspecified atom stereocenters. The molecule has 108 valence electrons. The summed E-state index contributed by atoms with van der Waals surface area (Å²) in [4.78, 5) is 12.5. The first-order chi connectivity index (χ1) is 8.74. The van der Waals surface area contributed by atoms with Gasteiger partial charge in [0.2, 0.25) is 11.9 Å². The molecule has 3 N–H and O–H groups in total. The molecule has 1 rings (SSSR count). The fraction of sp³-hybridized carbons (Fsp3) is 0.750. The molecular formula is C12H23N5O2. The van der Waals surface area contributed by atoms with Gasteiger partial charge in [-0.1, -0.05) is 0 Å². The third-order valence-corrected chi connectivity index (χ3v) is 2.66. The standard InChI is InChI=1S/C12H23N5O2/c1-7(2)19-11-15-9(13-6)14-10(16-11)17-12(4,5)8(3)18/h7-8,18H,1-6H3,(H2,13,14,15,16,17). The van der Waals surface area contributed by atoms with E-state index in [-0.39, 0.29) is 12.1 Å². The zero-order chi connectivity index (χ0) is 14.6. The number of aromatic nitrogens is 3. The molecule has 0 aliphatic heterocycles. The summed E-state index contributed by atoms with van der Waals surface area (Å²) in [6, 6.07) is 0.248. The van der Waals surface area contributed by atoms with E-state index >= 15 is 0 Å². The van der Waals surface area contributed by atoms with Gasteiger partial charge in [0.05, 0.1) is 17.7 Å². The van der Waals surface area contributed by atoms with Crippen LogP contribution >= 0.6 is 0 Å². The second-order valence-electron chi connectivity index (χ2n) is 5.20. The van der Waals surface area contributed by atoms with Crippen molar-refractivity contribution in [1.82, 2.24) is 15.0 Å². The van der Waals surface area contributed by atoms with Crippen molar-refractivity contribution < 1.29 is 9.84 Å². The highest BCUT2D eigenvalue weighted by Crippen LogP contribution is 2.18. The largest absolute Gasteiger partial charge is 0.461 e. The van der Waals surface area contributed by atoms with Crippen LogP contribution in [-0.2, 0) is 0 Å². The van der Waals surface area contributed by atoms with Crippen molar-refractivity contribution in [1.29, 1.82) is 0 Å². The van der Waals surface area contributed by atoms with Crippen molar-refractivity contribution in [2.24, 2.45) is 0 Å². The number of ether oxygens (including phenoxy) is 1. The molecule has 0 radical (unpaired) electrons. The van der Waals surface area contributed by atoms with Crippen molar-refractivity contribution in [3.05, 3.63) is 0 Å². The molecule has 0 fully saturated rings. The van der Waals surface area contributed by atoms with Crippen LogP contribution in [0.2, 0.25) is 0 Å². The number of aliphatic hydroxyl groups excluding tert-OH is 1. The van der Waals surface area contributed by atoms with Gasteiger partial charge in [-0.25, -0.2) is 0 Å². The zero-order valence-electron chi connectivity index (χ0n) is 12.4. The zero-order valence-corrected chi connectivity index (χ0v) is 12.4. The monoisotopic (exact) mass is 269 g/mol. The normalized spacial score (nSPS) is 13.3. The van der Waals surface area contributed by atoms with E-state index in [2.05, 4.69) is 25.6 Å². The molecule has 7 heteroatoms. The number of anilines is 2. The second-order valence-corrected chi connectivity index (χ2v) is 5.20. The van der Waals surface area contributed by atoms with E-state index in [0.717, 1.165) is 0 Å². The van der Waals surface area contributed by atoms with Crippen LogP contribution in [0.25, 0.3) is 0 Å². The molecule has 0 saturated carbocycles. The van der Waals surface area contributed by atoms with E-state index in [1.807, 2.05) is 27.7 Å². The molecule has 0 bridgehead atoms. The number of nitrogens with one attached hydrogen (secondary N) is 2. The SMILES string of the molecule is CNc1nc(NC(C)(C)C(C)O)nc(OC(C)C)n1. The molecule has 0 spiro atoms. The van der Waals surface area contributed by atoms with E-state index in [4.69, 9.17) is 4.74 Å². The van der Waals surface area contributed by atoms with Crippen molar-refractivity contribution in [2.45, 2.75) is 52.4 Å². The van der Waals surface area contributed by atoms with E-state index in [0.29, 0.717) is 11.9 Å². The smallest absolute Gasteiger partial charge is 0.323 e. The van der Waals surface area contributed by atoms with Crippen molar-refractivity contribution in [2.75, 3.05) is 17.7 Å². The van der Waals surface area contributed by atoms with E-state index in [9.17, 15) is 5.11 Å². The van der Waals surface area contributed by atoms with Gasteiger partial charge in [-0.2, -0.15) is 15.0 Å². The van der Waals surface area contributed by atoms with E-state index < -0.39 is 11.6 Å². The van der Waals surface area contributed by atoms with Crippen molar-refractivity contribution in [3.63, 3.8) is 0 Å². The highest BCUT2D eigenvalue weighted by Gasteiger charge is 2.25. The average molecular weight is 269 g/mol. The first kappa shape index (κ1) is 15.4. The van der Waals surface area contributed by atoms with Crippen molar-refractivity contribution >= 4 is 11.9 Å². The van der Waals surface area contributed by atoms with Crippen LogP contribution in [0.4, 0.5) is 11.9 Å². The molecular weight excluding hydrogens is 246 g/mol. The number of aliphatic hydroxyl groups is 1. The first-order valence-electron chi connectivity index (χ1n) is 6.31. The summed E-state index contributed by atoms with van der Waals surface area (Å²) >= 11 is 0. The second kappa shape index (κ2) is 6.01. The van der Waals surface area contributed by atoms with Gasteiger partial charge < -0.3 is 20.5 Å². The van der Waals surface area contributed by atoms with Gasteiger partial charge in [-0.15, -0.1) is 0 Å². The molecule has 7 nitrogen and oxygen atoms in total. The molecule has 1 heterocycles. The summed E-state index contributed by atoms with van der Waals surface area (Å²) in [6.45, 7) is 9.23. The quantitative estimate of drug-likeness (QED) is 0.716. The molecule has 19 heavy (non-hydrogen) atoms. The Morgan fingerprint density at radius 3 is 2.16 bits per heavy atom. The lowest BCUT2D eigenvalue weighted by atomic mass is 9.99. The Labute approximate surface area is 113 Å². The third kappa shape index (κ3) is 4.51. The molecule has 0 amide bonds. The van der Waals surface area contributed by atoms with Gasteiger partial charge in [0.1, 0.15) is 0 Å². The van der Waals surface area contributed by atoms with Crippen molar-refractivity contribution in [3.8, 4) is 6.01 Å². The molecule has 0 saturated heterocycles. The average Bonchev–Trinajstić information content (AvgIpc) is 2.26. The molecule has 1 atom stereocenters. The van der Waals surface area contributed by atoms with Crippen LogP contribution in [0.15, 0.2) is 0 Å². The predicted octanol–water partition coefficient (Wildman–Crippen LogP) is 1.27. The van der Waals surface area contributed by atoms with Gasteiger partial charge in [0.15, 0.2) is 0 Å². The highest BCUT2D eigenvalue weighted by atomic mass is 16.5. The van der Waals surface area contributed by atoms with Crippen LogP contribution in [0.5, 0.6) is 6.01 Å². The van der Waals surface area contributed by atoms with Crippen LogP contribution < -0.4 is 15.4 Å². The maximum Gasteiger partial charge on any atom is 0.323 e. The Balaban J connectivity index is 3.00. The maximum absolute atomic E-state index is 9.70. The lowest BCUT2D eigenvalue weighted by molar-refractivity contribution is 0.132. The van der Waals surface area contributed by atoms with Crippen LogP contribution in [0.1, 0.15) is 34.6 Å². The van der Waals surface area contributed by atoms with Gasteiger partial charge in [0.25, 0.3) is 0 Å². The summed E-state index contributed by atoms with van der Waals surface area (Å²) in [5, 5.41) is 15.6. The number of hydrogen-bond donors (Lipinski definition) is 3. The van der Waals surface area contributed by atoms with Crippen LogP contribution in [-0.4, -0.2) is 44.9 Å². The summed E-state index contributed by atoms with van der Waals surface area (Å²) in [6.07, 6.45) is -0.582. The minimum absolute atomic E-state index is 0.0234. The fourth-order valence-electron chi connectivity index (χ4n) is 1.18. The first-order valence-corrected chi connectivity index (χ1v) is 6.31. The number of nitrogens with zero attached hydrogens (tertiary/aromatic N) is 3. The molecule has 1 aromatic heterocycles. The van der Waals surface area contributed by atoms with Gasteiger partial charge in [0, 0.05) is 7.05 Å². The Bertz CT molecular complexity index is 421. The maximum atomic E-state index is 9.70. The Morgan fingerprint density at radius 2 is 1.68 bits per heavy atom. The molecule has 1 aromatic rings. The van der Waals surface area contributed by atoms with Gasteiger partial charge >= 0.3 is 6.01 Å². The third-order valence-electron chi connectivity index (χ3n) is 2.66. The van der Waals surface area contributed by atoms with E-state index in [1.54, 1.807) is 14.0 Å². The Morgan fingerprint density at radius 1 is 1.11 bits per heavy atom. The lowest BCUT2D eigenvalue weighted by Gasteiger charge is -2.29. The van der Waals surface area contributed by atoms with Crippen LogP contribution in [0.3, 0.4) is 0 Å². The number of rotatable bonds is 6. The minimum atomic E-state index is -0.559. The fourth-order valence-corrected chi connectivity index (χ4v) is 1.18. The van der Waals surface area contributed by atoms with Gasteiger partial charge in [-0.3, -0.25) is 0 Å². The summed E-state index contributed by atoms with van der Waals surface area (Å²) in [5.41, 5.74) is -0.554.